The maximum Gasteiger partial charge on any atom is 0.350 e. The second kappa shape index (κ2) is 10.1. The summed E-state index contributed by atoms with van der Waals surface area (Å²) in [6.07, 6.45) is 3.44. The molecule has 0 unspecified atom stereocenters. The molecule has 3 rings (SSSR count). The second-order valence-electron chi connectivity index (χ2n) is 10.6. The Kier molecular flexibility index (Phi) is 7.88. The van der Waals surface area contributed by atoms with Crippen LogP contribution in [0, 0.1) is 29.1 Å². The summed E-state index contributed by atoms with van der Waals surface area (Å²) in [5, 5.41) is 0. The molecule has 2 aliphatic rings. The highest BCUT2D eigenvalue weighted by molar-refractivity contribution is 7.15. The molecule has 7 heteroatoms. The minimum atomic E-state index is -2.70. The zero-order valence-electron chi connectivity index (χ0n) is 20.3. The van der Waals surface area contributed by atoms with Crippen molar-refractivity contribution in [2.24, 2.45) is 17.3 Å². The molecule has 2 aliphatic carbocycles. The average molecular weight is 480 g/mol. The lowest BCUT2D eigenvalue weighted by Crippen LogP contribution is -2.47. The summed E-state index contributed by atoms with van der Waals surface area (Å²) in [6, 6.07) is 1.41. The largest absolute Gasteiger partial charge is 0.465 e. The third-order valence-electron chi connectivity index (χ3n) is 6.56. The number of anilines is 1. The number of methoxy groups -OCH3 is 1. The molecule has 0 bridgehead atoms. The van der Waals surface area contributed by atoms with Gasteiger partial charge in [0.05, 0.1) is 17.7 Å². The van der Waals surface area contributed by atoms with E-state index in [1.54, 1.807) is 11.0 Å². The molecule has 0 spiro atoms. The van der Waals surface area contributed by atoms with Crippen molar-refractivity contribution >= 4 is 28.9 Å². The van der Waals surface area contributed by atoms with Crippen LogP contribution in [0.3, 0.4) is 0 Å². The van der Waals surface area contributed by atoms with Crippen LogP contribution in [-0.4, -0.2) is 31.0 Å². The number of esters is 1. The van der Waals surface area contributed by atoms with Gasteiger partial charge in [-0.2, -0.15) is 0 Å². The maximum absolute atomic E-state index is 13.9. The molecule has 0 aliphatic heterocycles. The summed E-state index contributed by atoms with van der Waals surface area (Å²) >= 11 is 1.20. The van der Waals surface area contributed by atoms with Crippen molar-refractivity contribution in [3.05, 3.63) is 15.8 Å². The van der Waals surface area contributed by atoms with E-state index < -0.39 is 11.9 Å². The Hall–Kier alpha value is -1.94. The van der Waals surface area contributed by atoms with Gasteiger partial charge in [-0.1, -0.05) is 18.8 Å². The minimum absolute atomic E-state index is 0.0598. The molecular formula is C26H35F2NO3S. The summed E-state index contributed by atoms with van der Waals surface area (Å²) in [7, 11) is 1.31. The first-order valence-corrected chi connectivity index (χ1v) is 12.7. The Morgan fingerprint density at radius 1 is 1.12 bits per heavy atom. The third kappa shape index (κ3) is 6.56. The first kappa shape index (κ1) is 25.7. The molecule has 0 saturated heterocycles. The molecule has 0 radical (unpaired) electrons. The highest BCUT2D eigenvalue weighted by Gasteiger charge is 2.42. The number of halogens is 2. The van der Waals surface area contributed by atoms with Gasteiger partial charge in [-0.15, -0.1) is 11.3 Å². The Morgan fingerprint density at radius 2 is 1.73 bits per heavy atom. The van der Waals surface area contributed by atoms with Crippen molar-refractivity contribution in [1.29, 1.82) is 0 Å². The van der Waals surface area contributed by atoms with E-state index in [1.807, 2.05) is 20.8 Å². The number of rotatable bonds is 4. The van der Waals surface area contributed by atoms with Crippen LogP contribution in [0.2, 0.25) is 0 Å². The van der Waals surface area contributed by atoms with E-state index in [0.717, 1.165) is 25.7 Å². The van der Waals surface area contributed by atoms with Crippen LogP contribution in [0.4, 0.5) is 14.5 Å². The van der Waals surface area contributed by atoms with Crippen molar-refractivity contribution in [2.75, 3.05) is 12.0 Å². The molecule has 2 saturated carbocycles. The van der Waals surface area contributed by atoms with E-state index in [1.165, 1.54) is 18.4 Å². The lowest BCUT2D eigenvalue weighted by molar-refractivity contribution is -0.124. The predicted octanol–water partition coefficient (Wildman–Crippen LogP) is 6.67. The van der Waals surface area contributed by atoms with E-state index in [2.05, 4.69) is 18.8 Å². The number of alkyl halides is 2. The molecule has 182 valence electrons. The van der Waals surface area contributed by atoms with E-state index in [0.29, 0.717) is 21.4 Å². The van der Waals surface area contributed by atoms with Crippen LogP contribution in [0.5, 0.6) is 0 Å². The summed E-state index contributed by atoms with van der Waals surface area (Å²) in [4.78, 5) is 29.1. The van der Waals surface area contributed by atoms with Gasteiger partial charge in [0.25, 0.3) is 0 Å². The minimum Gasteiger partial charge on any atom is -0.465 e. The molecule has 1 aromatic heterocycles. The van der Waals surface area contributed by atoms with E-state index in [4.69, 9.17) is 4.74 Å². The number of ether oxygens (including phenoxy) is 1. The monoisotopic (exact) mass is 479 g/mol. The zero-order valence-corrected chi connectivity index (χ0v) is 21.1. The molecule has 4 nitrogen and oxygen atoms in total. The van der Waals surface area contributed by atoms with Crippen molar-refractivity contribution in [3.63, 3.8) is 0 Å². The summed E-state index contributed by atoms with van der Waals surface area (Å²) < 4.78 is 32.9. The first-order chi connectivity index (χ1) is 15.4. The average Bonchev–Trinajstić information content (AvgIpc) is 3.17. The molecule has 1 amide bonds. The van der Waals surface area contributed by atoms with E-state index in [9.17, 15) is 18.4 Å². The van der Waals surface area contributed by atoms with Crippen LogP contribution >= 0.6 is 11.3 Å². The lowest BCUT2D eigenvalue weighted by atomic mass is 9.81. The second-order valence-corrected chi connectivity index (χ2v) is 11.6. The molecule has 2 fully saturated rings. The first-order valence-electron chi connectivity index (χ1n) is 11.9. The Bertz CT molecular complexity index is 920. The smallest absolute Gasteiger partial charge is 0.350 e. The number of hydrogen-bond acceptors (Lipinski definition) is 4. The van der Waals surface area contributed by atoms with Gasteiger partial charge >= 0.3 is 5.97 Å². The number of carbonyl (C=O) groups is 2. The number of amides is 1. The third-order valence-corrected chi connectivity index (χ3v) is 7.58. The van der Waals surface area contributed by atoms with Gasteiger partial charge in [0.15, 0.2) is 0 Å². The van der Waals surface area contributed by atoms with Crippen LogP contribution < -0.4 is 4.90 Å². The van der Waals surface area contributed by atoms with E-state index >= 15 is 0 Å². The topological polar surface area (TPSA) is 46.6 Å². The van der Waals surface area contributed by atoms with Gasteiger partial charge in [-0.3, -0.25) is 4.79 Å². The summed E-state index contributed by atoms with van der Waals surface area (Å²) in [6.45, 7) is 8.18. The van der Waals surface area contributed by atoms with Gasteiger partial charge in [0.2, 0.25) is 11.8 Å². The molecule has 33 heavy (non-hydrogen) atoms. The predicted molar refractivity (Wildman–Crippen MR) is 128 cm³/mol. The number of hydrogen-bond donors (Lipinski definition) is 0. The SMILES string of the molecule is COC(=O)c1sc(C#CC(C)(C)C)cc1N(C(=O)C1CCC(C)CC1)C1CCC(F)(F)CC1. The van der Waals surface area contributed by atoms with Gasteiger partial charge in [-0.25, -0.2) is 13.6 Å². The fraction of sp³-hybridized carbons (Fsp3) is 0.692. The van der Waals surface area contributed by atoms with Crippen molar-refractivity contribution in [2.45, 2.75) is 91.0 Å². The zero-order chi connectivity index (χ0) is 24.4. The Labute approximate surface area is 200 Å². The van der Waals surface area contributed by atoms with Crippen LogP contribution in [0.15, 0.2) is 6.07 Å². The molecular weight excluding hydrogens is 444 g/mol. The normalized spacial score (nSPS) is 23.4. The highest BCUT2D eigenvalue weighted by atomic mass is 32.1. The van der Waals surface area contributed by atoms with Crippen molar-refractivity contribution in [1.82, 2.24) is 0 Å². The van der Waals surface area contributed by atoms with Gasteiger partial charge in [0.1, 0.15) is 4.88 Å². The van der Waals surface area contributed by atoms with Gasteiger partial charge in [-0.05, 0) is 71.3 Å². The quantitative estimate of drug-likeness (QED) is 0.358. The van der Waals surface area contributed by atoms with Gasteiger partial charge in [0, 0.05) is 30.2 Å². The molecule has 0 aromatic carbocycles. The number of nitrogens with zero attached hydrogens (tertiary/aromatic N) is 1. The van der Waals surface area contributed by atoms with E-state index in [-0.39, 0.29) is 49.0 Å². The molecule has 0 N–H and O–H groups in total. The standard InChI is InChI=1S/C26H35F2NO3S/c1-17-6-8-18(9-7-17)23(30)29(19-10-14-26(27,28)15-11-19)21-16-20(12-13-25(2,3)4)33-22(21)24(31)32-5/h16-19H,6-11,14-15H2,1-5H3. The Balaban J connectivity index is 2.03. The number of carbonyl (C=O) groups excluding carboxylic acids is 2. The fourth-order valence-corrected chi connectivity index (χ4v) is 5.51. The lowest BCUT2D eigenvalue weighted by Gasteiger charge is -2.39. The molecule has 0 atom stereocenters. The number of thiophene rings is 1. The van der Waals surface area contributed by atoms with Crippen molar-refractivity contribution < 1.29 is 23.1 Å². The van der Waals surface area contributed by atoms with Crippen molar-refractivity contribution in [3.8, 4) is 11.8 Å². The summed E-state index contributed by atoms with van der Waals surface area (Å²) in [5.74, 6) is 3.43. The van der Waals surface area contributed by atoms with Gasteiger partial charge < -0.3 is 9.64 Å². The molecule has 1 aromatic rings. The summed E-state index contributed by atoms with van der Waals surface area (Å²) in [5.41, 5.74) is 0.239. The maximum atomic E-state index is 13.9. The van der Waals surface area contributed by atoms with Crippen LogP contribution in [-0.2, 0) is 9.53 Å². The van der Waals surface area contributed by atoms with Crippen LogP contribution in [0.25, 0.3) is 0 Å². The highest BCUT2D eigenvalue weighted by Crippen LogP contribution is 2.41. The molecule has 1 heterocycles. The Morgan fingerprint density at radius 3 is 2.27 bits per heavy atom. The van der Waals surface area contributed by atoms with Crippen LogP contribution in [0.1, 0.15) is 93.6 Å². The fourth-order valence-electron chi connectivity index (χ4n) is 4.59.